The first kappa shape index (κ1) is 30.1. The lowest BCUT2D eigenvalue weighted by atomic mass is 10.0. The summed E-state index contributed by atoms with van der Waals surface area (Å²) in [5.74, 6) is -1.11. The average molecular weight is 619 g/mol. The van der Waals surface area contributed by atoms with Crippen molar-refractivity contribution < 1.29 is 29.4 Å². The summed E-state index contributed by atoms with van der Waals surface area (Å²) in [6.45, 7) is 5.18. The molecule has 0 unspecified atom stereocenters. The van der Waals surface area contributed by atoms with Crippen molar-refractivity contribution >= 4 is 45.9 Å². The van der Waals surface area contributed by atoms with E-state index < -0.39 is 47.2 Å². The first-order chi connectivity index (χ1) is 21.3. The normalized spacial score (nSPS) is 19.5. The number of hydrogen-bond acceptors (Lipinski definition) is 10. The molecule has 2 aromatic carbocycles. The maximum Gasteiger partial charge on any atom is 0.329 e. The minimum Gasteiger partial charge on any atom is -0.389 e. The Balaban J connectivity index is 1.14. The van der Waals surface area contributed by atoms with Crippen molar-refractivity contribution in [2.24, 2.45) is 0 Å². The number of nitrogens with zero attached hydrogens (tertiary/aromatic N) is 10. The fourth-order valence-electron chi connectivity index (χ4n) is 5.81. The molecular weight excluding hydrogens is 584 g/mol. The lowest BCUT2D eigenvalue weighted by Crippen LogP contribution is -2.55. The Morgan fingerprint density at radius 2 is 1.00 bits per heavy atom. The van der Waals surface area contributed by atoms with Crippen LogP contribution in [0, 0.1) is 0 Å². The Morgan fingerprint density at radius 1 is 0.622 bits per heavy atom. The largest absolute Gasteiger partial charge is 0.389 e. The molecule has 16 nitrogen and oxygen atoms in total. The first-order valence-corrected chi connectivity index (χ1v) is 14.5. The number of imide groups is 2. The summed E-state index contributed by atoms with van der Waals surface area (Å²) in [5, 5.41) is 37.9. The number of carbonyl (C=O) groups excluding carboxylic acids is 4. The second-order valence-corrected chi connectivity index (χ2v) is 12.3. The van der Waals surface area contributed by atoms with E-state index in [0.717, 1.165) is 9.80 Å². The van der Waals surface area contributed by atoms with Crippen LogP contribution in [0.4, 0.5) is 9.59 Å². The predicted molar refractivity (Wildman–Crippen MR) is 158 cm³/mol. The molecule has 16 heteroatoms. The Bertz CT molecular complexity index is 1680. The van der Waals surface area contributed by atoms with E-state index in [-0.39, 0.29) is 32.8 Å². The van der Waals surface area contributed by atoms with Crippen molar-refractivity contribution in [1.82, 2.24) is 49.6 Å². The highest BCUT2D eigenvalue weighted by atomic mass is 16.3. The van der Waals surface area contributed by atoms with Crippen LogP contribution in [0.1, 0.15) is 27.7 Å². The number of benzene rings is 2. The number of aliphatic hydroxyl groups excluding tert-OH is 2. The van der Waals surface area contributed by atoms with Gasteiger partial charge in [0.15, 0.2) is 0 Å². The third kappa shape index (κ3) is 5.04. The SMILES string of the molecule is CC1(C)C(=O)N(C[C@@H](O)Cn2nnc3ccccc32)C(=O)N1CN1C(=O)N(C[C@H](O)Cn2nnc3ccccc32)C(=O)C1(C)C. The highest BCUT2D eigenvalue weighted by molar-refractivity contribution is 6.08. The van der Waals surface area contributed by atoms with E-state index in [4.69, 9.17) is 0 Å². The smallest absolute Gasteiger partial charge is 0.329 e. The van der Waals surface area contributed by atoms with Gasteiger partial charge in [-0.25, -0.2) is 19.0 Å². The summed E-state index contributed by atoms with van der Waals surface area (Å²) >= 11 is 0. The highest BCUT2D eigenvalue weighted by Gasteiger charge is 2.57. The molecule has 2 N–H and O–H groups in total. The number of aromatic nitrogens is 6. The lowest BCUT2D eigenvalue weighted by Gasteiger charge is -2.36. The maximum absolute atomic E-state index is 13.6. The van der Waals surface area contributed by atoms with Crippen LogP contribution in [-0.4, -0.2) is 127 Å². The second-order valence-electron chi connectivity index (χ2n) is 12.3. The van der Waals surface area contributed by atoms with Gasteiger partial charge in [-0.05, 0) is 52.0 Å². The maximum atomic E-state index is 13.6. The van der Waals surface area contributed by atoms with Gasteiger partial charge in [-0.1, -0.05) is 34.7 Å². The molecule has 2 aliphatic rings. The molecule has 4 heterocycles. The Kier molecular flexibility index (Phi) is 7.28. The van der Waals surface area contributed by atoms with Crippen LogP contribution in [0.3, 0.4) is 0 Å². The zero-order chi connectivity index (χ0) is 32.3. The number of carbonyl (C=O) groups is 4. The van der Waals surface area contributed by atoms with Crippen LogP contribution in [0.15, 0.2) is 48.5 Å². The summed E-state index contributed by atoms with van der Waals surface area (Å²) in [5.41, 5.74) is -0.0748. The highest BCUT2D eigenvalue weighted by Crippen LogP contribution is 2.33. The van der Waals surface area contributed by atoms with Crippen LogP contribution >= 0.6 is 0 Å². The molecule has 236 valence electrons. The molecule has 4 aromatic rings. The number of hydrogen-bond donors (Lipinski definition) is 2. The second kappa shape index (κ2) is 10.9. The van der Waals surface area contributed by atoms with E-state index >= 15 is 0 Å². The van der Waals surface area contributed by atoms with Gasteiger partial charge in [-0.3, -0.25) is 29.2 Å². The van der Waals surface area contributed by atoms with Gasteiger partial charge in [0.05, 0.1) is 49.4 Å². The first-order valence-electron chi connectivity index (χ1n) is 14.5. The van der Waals surface area contributed by atoms with Crippen molar-refractivity contribution in [3.05, 3.63) is 48.5 Å². The molecule has 2 aromatic heterocycles. The number of aliphatic hydroxyl groups is 2. The number of β-amino-alcohol motifs (C(OH)–C–C–N with tert-alkyl or cyclic N) is 2. The molecule has 2 aliphatic heterocycles. The average Bonchev–Trinajstić information content (AvgIpc) is 3.68. The topological polar surface area (TPSA) is 183 Å². The summed E-state index contributed by atoms with van der Waals surface area (Å²) in [6, 6.07) is 13.0. The molecule has 0 saturated carbocycles. The fraction of sp³-hybridized carbons (Fsp3) is 0.448. The molecule has 0 bridgehead atoms. The van der Waals surface area contributed by atoms with Crippen LogP contribution in [0.2, 0.25) is 0 Å². The molecule has 6 amide bonds. The zero-order valence-electron chi connectivity index (χ0n) is 25.3. The van der Waals surface area contributed by atoms with Gasteiger partial charge in [0.25, 0.3) is 11.8 Å². The number of amides is 6. The van der Waals surface area contributed by atoms with Crippen molar-refractivity contribution in [2.45, 2.75) is 64.1 Å². The number of fused-ring (bicyclic) bond motifs is 2. The molecule has 0 radical (unpaired) electrons. The van der Waals surface area contributed by atoms with E-state index in [2.05, 4.69) is 20.6 Å². The molecular formula is C29H34N10O6. The van der Waals surface area contributed by atoms with Gasteiger partial charge in [0, 0.05) is 0 Å². The Labute approximate surface area is 257 Å². The summed E-state index contributed by atoms with van der Waals surface area (Å²) in [7, 11) is 0. The van der Waals surface area contributed by atoms with Gasteiger partial charge in [-0.2, -0.15) is 0 Å². The molecule has 45 heavy (non-hydrogen) atoms. The molecule has 2 saturated heterocycles. The molecule has 0 spiro atoms. The van der Waals surface area contributed by atoms with Crippen molar-refractivity contribution in [3.63, 3.8) is 0 Å². The van der Waals surface area contributed by atoms with Gasteiger partial charge in [-0.15, -0.1) is 10.2 Å². The van der Waals surface area contributed by atoms with Crippen LogP contribution in [0.25, 0.3) is 22.1 Å². The van der Waals surface area contributed by atoms with E-state index in [1.165, 1.54) is 19.2 Å². The van der Waals surface area contributed by atoms with E-state index in [9.17, 15) is 29.4 Å². The van der Waals surface area contributed by atoms with E-state index in [1.807, 2.05) is 24.3 Å². The van der Waals surface area contributed by atoms with Gasteiger partial charge >= 0.3 is 12.1 Å². The molecule has 0 aliphatic carbocycles. The van der Waals surface area contributed by atoms with Crippen LogP contribution in [0.5, 0.6) is 0 Å². The third-order valence-corrected chi connectivity index (χ3v) is 8.49. The van der Waals surface area contributed by atoms with Crippen molar-refractivity contribution in [3.8, 4) is 0 Å². The zero-order valence-corrected chi connectivity index (χ0v) is 25.3. The Hall–Kier alpha value is -4.96. The van der Waals surface area contributed by atoms with Crippen LogP contribution < -0.4 is 0 Å². The monoisotopic (exact) mass is 618 g/mol. The quantitative estimate of drug-likeness (QED) is 0.239. The Morgan fingerprint density at radius 3 is 1.40 bits per heavy atom. The minimum absolute atomic E-state index is 0.00812. The van der Waals surface area contributed by atoms with E-state index in [0.29, 0.717) is 22.1 Å². The predicted octanol–water partition coefficient (Wildman–Crippen LogP) is 0.641. The third-order valence-electron chi connectivity index (χ3n) is 8.49. The number of rotatable bonds is 10. The van der Waals surface area contributed by atoms with Gasteiger partial charge in [0.1, 0.15) is 28.8 Å². The molecule has 2 fully saturated rings. The number of para-hydroxylation sites is 2. The van der Waals surface area contributed by atoms with Gasteiger partial charge in [0.2, 0.25) is 0 Å². The number of urea groups is 2. The van der Waals surface area contributed by atoms with Gasteiger partial charge < -0.3 is 10.2 Å². The minimum atomic E-state index is -1.38. The van der Waals surface area contributed by atoms with Crippen LogP contribution in [-0.2, 0) is 22.7 Å². The lowest BCUT2D eigenvalue weighted by molar-refractivity contribution is -0.134. The summed E-state index contributed by atoms with van der Waals surface area (Å²) in [6.07, 6.45) is -2.30. The van der Waals surface area contributed by atoms with Crippen molar-refractivity contribution in [2.75, 3.05) is 19.8 Å². The molecule has 6 rings (SSSR count). The van der Waals surface area contributed by atoms with Crippen molar-refractivity contribution in [1.29, 1.82) is 0 Å². The standard InChI is InChI=1S/C29H34N10O6/c1-28(2)24(42)34(13-18(40)15-38-22-11-7-5-9-20(22)30-32-38)26(44)36(28)17-37-27(45)35(25(43)29(37,3)4)14-19(41)16-39-23-12-8-6-10-21(23)31-33-39/h5-12,18-19,40-41H,13-17H2,1-4H3/t18-,19+. The summed E-state index contributed by atoms with van der Waals surface area (Å²) < 4.78 is 3.00. The fourth-order valence-corrected chi connectivity index (χ4v) is 5.81. The van der Waals surface area contributed by atoms with E-state index in [1.54, 1.807) is 52.0 Å². The summed E-state index contributed by atoms with van der Waals surface area (Å²) in [4.78, 5) is 58.4. The molecule has 2 atom stereocenters.